The molecule has 0 saturated heterocycles. The molecule has 0 aliphatic rings. The third kappa shape index (κ3) is 6.30. The van der Waals surface area contributed by atoms with Crippen molar-refractivity contribution in [3.05, 3.63) is 82.9 Å². The van der Waals surface area contributed by atoms with Crippen molar-refractivity contribution in [2.75, 3.05) is 0 Å². The second-order valence-electron chi connectivity index (χ2n) is 7.32. The fraction of sp³-hybridized carbons (Fsp3) is 0.182. The molecule has 0 aromatic heterocycles. The molecule has 2 rings (SSSR count). The molecule has 0 bridgehead atoms. The Bertz CT molecular complexity index is 1010. The van der Waals surface area contributed by atoms with Crippen LogP contribution in [0.2, 0.25) is 0 Å². The van der Waals surface area contributed by atoms with Gasteiger partial charge in [-0.3, -0.25) is 15.0 Å². The maximum absolute atomic E-state index is 13.7. The van der Waals surface area contributed by atoms with Crippen LogP contribution in [0.5, 0.6) is 0 Å². The lowest BCUT2D eigenvalue weighted by Gasteiger charge is -2.34. The summed E-state index contributed by atoms with van der Waals surface area (Å²) in [4.78, 5) is 24.7. The lowest BCUT2D eigenvalue weighted by atomic mass is 10.1. The number of nitrogens with one attached hydrogen (secondary N) is 1. The van der Waals surface area contributed by atoms with Crippen LogP contribution in [0.1, 0.15) is 31.9 Å². The number of halogens is 4. The molecule has 0 unspecified atom stereocenters. The molecule has 0 aliphatic heterocycles. The number of benzene rings is 2. The highest BCUT2D eigenvalue weighted by molar-refractivity contribution is 5.97. The molecule has 8 heteroatoms. The number of carbonyl (C=O) groups is 2. The fourth-order valence-electron chi connectivity index (χ4n) is 2.39. The molecule has 0 atom stereocenters. The van der Waals surface area contributed by atoms with Gasteiger partial charge in [-0.15, -0.1) is 0 Å². The van der Waals surface area contributed by atoms with Crippen molar-refractivity contribution in [1.82, 2.24) is 10.4 Å². The Hall–Kier alpha value is -3.42. The first-order valence-electron chi connectivity index (χ1n) is 8.88. The summed E-state index contributed by atoms with van der Waals surface area (Å²) in [6.07, 6.45) is 4.08. The second-order valence-corrected chi connectivity index (χ2v) is 7.32. The van der Waals surface area contributed by atoms with E-state index in [1.54, 1.807) is 20.8 Å². The van der Waals surface area contributed by atoms with E-state index in [9.17, 15) is 27.2 Å². The van der Waals surface area contributed by atoms with Crippen LogP contribution in [0, 0.1) is 23.3 Å². The largest absolute Gasteiger partial charge is 0.268 e. The van der Waals surface area contributed by atoms with Crippen molar-refractivity contribution < 1.29 is 27.2 Å². The molecule has 0 saturated carbocycles. The topological polar surface area (TPSA) is 49.4 Å². The van der Waals surface area contributed by atoms with Gasteiger partial charge in [0, 0.05) is 23.3 Å². The van der Waals surface area contributed by atoms with Crippen molar-refractivity contribution in [3.63, 3.8) is 0 Å². The minimum Gasteiger partial charge on any atom is -0.268 e. The van der Waals surface area contributed by atoms with Crippen LogP contribution < -0.4 is 5.43 Å². The average Bonchev–Trinajstić information content (AvgIpc) is 2.66. The van der Waals surface area contributed by atoms with Gasteiger partial charge in [0.1, 0.15) is 23.3 Å². The first-order chi connectivity index (χ1) is 14.0. The third-order valence-electron chi connectivity index (χ3n) is 3.85. The first-order valence-corrected chi connectivity index (χ1v) is 8.88. The highest BCUT2D eigenvalue weighted by atomic mass is 19.1. The van der Waals surface area contributed by atoms with Gasteiger partial charge in [-0.25, -0.2) is 22.6 Å². The monoisotopic (exact) mass is 420 g/mol. The Morgan fingerprint density at radius 3 is 1.77 bits per heavy atom. The predicted molar refractivity (Wildman–Crippen MR) is 106 cm³/mol. The quantitative estimate of drug-likeness (QED) is 0.446. The summed E-state index contributed by atoms with van der Waals surface area (Å²) in [7, 11) is 0. The molecule has 4 nitrogen and oxygen atoms in total. The SMILES string of the molecule is CC(C)(C)N(NC(=O)/C=C/c1cc(F)ccc1F)C(=O)/C=C/c1cc(F)ccc1F. The van der Waals surface area contributed by atoms with Gasteiger partial charge >= 0.3 is 0 Å². The van der Waals surface area contributed by atoms with E-state index in [0.717, 1.165) is 65.7 Å². The van der Waals surface area contributed by atoms with Crippen LogP contribution >= 0.6 is 0 Å². The molecule has 0 heterocycles. The number of hydrogen-bond acceptors (Lipinski definition) is 2. The molecular weight excluding hydrogens is 400 g/mol. The van der Waals surface area contributed by atoms with E-state index in [1.807, 2.05) is 0 Å². The summed E-state index contributed by atoms with van der Waals surface area (Å²) in [5.41, 5.74) is 1.19. The second kappa shape index (κ2) is 9.39. The number of hydrazine groups is 1. The average molecular weight is 420 g/mol. The Morgan fingerprint density at radius 2 is 1.30 bits per heavy atom. The zero-order valence-electron chi connectivity index (χ0n) is 16.5. The van der Waals surface area contributed by atoms with Gasteiger partial charge in [-0.2, -0.15) is 0 Å². The smallest absolute Gasteiger partial charge is 0.265 e. The lowest BCUT2D eigenvalue weighted by Crippen LogP contribution is -2.55. The lowest BCUT2D eigenvalue weighted by molar-refractivity contribution is -0.141. The minimum atomic E-state index is -0.879. The van der Waals surface area contributed by atoms with Crippen LogP contribution in [0.3, 0.4) is 0 Å². The van der Waals surface area contributed by atoms with Crippen LogP contribution in [-0.2, 0) is 9.59 Å². The molecule has 0 fully saturated rings. The number of rotatable bonds is 4. The van der Waals surface area contributed by atoms with E-state index in [-0.39, 0.29) is 11.1 Å². The van der Waals surface area contributed by atoms with E-state index < -0.39 is 40.6 Å². The fourth-order valence-corrected chi connectivity index (χ4v) is 2.39. The van der Waals surface area contributed by atoms with Crippen LogP contribution in [-0.4, -0.2) is 22.4 Å². The van der Waals surface area contributed by atoms with Gasteiger partial charge in [0.15, 0.2) is 0 Å². The molecule has 30 heavy (non-hydrogen) atoms. The molecule has 2 aromatic rings. The molecule has 158 valence electrons. The van der Waals surface area contributed by atoms with Gasteiger partial charge in [-0.05, 0) is 69.3 Å². The summed E-state index contributed by atoms with van der Waals surface area (Å²) in [6.45, 7) is 4.91. The Morgan fingerprint density at radius 1 is 0.833 bits per heavy atom. The van der Waals surface area contributed by atoms with Crippen molar-refractivity contribution >= 4 is 24.0 Å². The van der Waals surface area contributed by atoms with Crippen LogP contribution in [0.25, 0.3) is 12.2 Å². The van der Waals surface area contributed by atoms with Crippen molar-refractivity contribution in [1.29, 1.82) is 0 Å². The predicted octanol–water partition coefficient (Wildman–Crippen LogP) is 4.63. The zero-order valence-corrected chi connectivity index (χ0v) is 16.5. The van der Waals surface area contributed by atoms with Crippen molar-refractivity contribution in [2.45, 2.75) is 26.3 Å². The van der Waals surface area contributed by atoms with Gasteiger partial charge in [0.25, 0.3) is 11.8 Å². The summed E-state index contributed by atoms with van der Waals surface area (Å²) < 4.78 is 53.8. The van der Waals surface area contributed by atoms with Crippen LogP contribution in [0.4, 0.5) is 17.6 Å². The zero-order chi connectivity index (χ0) is 22.5. The number of carbonyl (C=O) groups excluding carboxylic acids is 2. The minimum absolute atomic E-state index is 0.134. The Kier molecular flexibility index (Phi) is 7.15. The Labute approximate surface area is 171 Å². The molecule has 1 N–H and O–H groups in total. The summed E-state index contributed by atoms with van der Waals surface area (Å²) in [6, 6.07) is 5.59. The van der Waals surface area contributed by atoms with E-state index in [1.165, 1.54) is 0 Å². The van der Waals surface area contributed by atoms with Crippen molar-refractivity contribution in [2.24, 2.45) is 0 Å². The molecule has 2 amide bonds. The normalized spacial score (nSPS) is 11.8. The van der Waals surface area contributed by atoms with Gasteiger partial charge in [0.05, 0.1) is 5.54 Å². The highest BCUT2D eigenvalue weighted by Gasteiger charge is 2.26. The number of hydrogen-bond donors (Lipinski definition) is 1. The molecule has 0 spiro atoms. The van der Waals surface area contributed by atoms with Gasteiger partial charge in [-0.1, -0.05) is 0 Å². The molecular formula is C22H20F4N2O2. The molecule has 0 radical (unpaired) electrons. The van der Waals surface area contributed by atoms with E-state index in [0.29, 0.717) is 0 Å². The summed E-state index contributed by atoms with van der Waals surface area (Å²) in [5, 5.41) is 0.981. The number of amides is 2. The third-order valence-corrected chi connectivity index (χ3v) is 3.85. The maximum atomic E-state index is 13.7. The molecule has 0 aliphatic carbocycles. The van der Waals surface area contributed by atoms with Gasteiger partial charge < -0.3 is 0 Å². The summed E-state index contributed by atoms with van der Waals surface area (Å²) >= 11 is 0. The van der Waals surface area contributed by atoms with Crippen LogP contribution in [0.15, 0.2) is 48.6 Å². The Balaban J connectivity index is 2.17. The van der Waals surface area contributed by atoms with Crippen molar-refractivity contribution in [3.8, 4) is 0 Å². The van der Waals surface area contributed by atoms with E-state index in [2.05, 4.69) is 5.43 Å². The highest BCUT2D eigenvalue weighted by Crippen LogP contribution is 2.15. The maximum Gasteiger partial charge on any atom is 0.265 e. The van der Waals surface area contributed by atoms with E-state index >= 15 is 0 Å². The van der Waals surface area contributed by atoms with Gasteiger partial charge in [0.2, 0.25) is 0 Å². The number of nitrogens with zero attached hydrogens (tertiary/aromatic N) is 1. The standard InChI is InChI=1S/C22H20F4N2O2/c1-22(2,3)28(21(30)11-5-15-13-17(24)7-9-19(15)26)27-20(29)10-4-14-12-16(23)6-8-18(14)25/h4-13H,1-3H3,(H,27,29)/b10-4+,11-5+. The van der Waals surface area contributed by atoms with E-state index in [4.69, 9.17) is 0 Å². The molecule has 2 aromatic carbocycles. The first kappa shape index (κ1) is 22.9. The summed E-state index contributed by atoms with van der Waals surface area (Å²) in [5.74, 6) is -4.25.